The smallest absolute Gasteiger partial charge is 0.178 e. The molecule has 0 spiro atoms. The Balaban J connectivity index is 1.76. The van der Waals surface area contributed by atoms with Crippen molar-refractivity contribution in [3.05, 3.63) is 71.3 Å². The highest BCUT2D eigenvalue weighted by Gasteiger charge is 2.21. The van der Waals surface area contributed by atoms with Gasteiger partial charge in [-0.25, -0.2) is 9.97 Å². The molecule has 0 radical (unpaired) electrons. The standard InChI is InChI=1S/C22H19ClN4O/c1-22(2,3)26-21-20(25-19-12-7-15(23)14-27(19)21)18-11-10-17(28-18)9-8-16-6-4-5-13-24-16/h4-7,10-14,26H,1-3H3. The third-order valence-electron chi connectivity index (χ3n) is 3.89. The molecular weight excluding hydrogens is 372 g/mol. The van der Waals surface area contributed by atoms with Gasteiger partial charge in [0.05, 0.1) is 5.02 Å². The van der Waals surface area contributed by atoms with E-state index in [1.54, 1.807) is 6.20 Å². The molecule has 4 aromatic heterocycles. The van der Waals surface area contributed by atoms with Crippen molar-refractivity contribution in [1.29, 1.82) is 0 Å². The van der Waals surface area contributed by atoms with Crippen LogP contribution >= 0.6 is 11.6 Å². The summed E-state index contributed by atoms with van der Waals surface area (Å²) in [6, 6.07) is 13.0. The van der Waals surface area contributed by atoms with Crippen molar-refractivity contribution in [1.82, 2.24) is 14.4 Å². The van der Waals surface area contributed by atoms with Crippen LogP contribution in [0, 0.1) is 11.8 Å². The number of anilines is 1. The molecule has 5 nitrogen and oxygen atoms in total. The third-order valence-corrected chi connectivity index (χ3v) is 4.12. The Labute approximate surface area is 168 Å². The molecule has 4 rings (SSSR count). The second-order valence-electron chi connectivity index (χ2n) is 7.39. The van der Waals surface area contributed by atoms with Crippen LogP contribution in [-0.4, -0.2) is 19.9 Å². The molecule has 1 N–H and O–H groups in total. The highest BCUT2D eigenvalue weighted by atomic mass is 35.5. The molecule has 0 aliphatic carbocycles. The largest absolute Gasteiger partial charge is 0.446 e. The predicted octanol–water partition coefficient (Wildman–Crippen LogP) is 5.25. The van der Waals surface area contributed by atoms with E-state index in [-0.39, 0.29) is 5.54 Å². The molecule has 6 heteroatoms. The lowest BCUT2D eigenvalue weighted by molar-refractivity contribution is 0.566. The van der Waals surface area contributed by atoms with E-state index in [9.17, 15) is 0 Å². The van der Waals surface area contributed by atoms with Gasteiger partial charge in [0.2, 0.25) is 0 Å². The number of halogens is 1. The molecule has 28 heavy (non-hydrogen) atoms. The summed E-state index contributed by atoms with van der Waals surface area (Å²) in [6.45, 7) is 6.27. The maximum atomic E-state index is 6.20. The monoisotopic (exact) mass is 390 g/mol. The van der Waals surface area contributed by atoms with Crippen molar-refractivity contribution in [2.45, 2.75) is 26.3 Å². The highest BCUT2D eigenvalue weighted by molar-refractivity contribution is 6.30. The van der Waals surface area contributed by atoms with E-state index >= 15 is 0 Å². The zero-order valence-electron chi connectivity index (χ0n) is 15.8. The average Bonchev–Trinajstić information content (AvgIpc) is 3.25. The molecule has 0 atom stereocenters. The molecule has 0 saturated carbocycles. The van der Waals surface area contributed by atoms with Crippen LogP contribution in [0.4, 0.5) is 5.82 Å². The average molecular weight is 391 g/mol. The van der Waals surface area contributed by atoms with Gasteiger partial charge in [0.15, 0.2) is 11.5 Å². The molecule has 0 aromatic carbocycles. The quantitative estimate of drug-likeness (QED) is 0.475. The van der Waals surface area contributed by atoms with Gasteiger partial charge >= 0.3 is 0 Å². The van der Waals surface area contributed by atoms with Crippen molar-refractivity contribution in [3.8, 4) is 23.3 Å². The molecule has 0 fully saturated rings. The summed E-state index contributed by atoms with van der Waals surface area (Å²) >= 11 is 6.20. The second-order valence-corrected chi connectivity index (χ2v) is 7.82. The van der Waals surface area contributed by atoms with Crippen LogP contribution < -0.4 is 5.32 Å². The number of furan rings is 1. The first-order valence-electron chi connectivity index (χ1n) is 8.88. The molecule has 0 bridgehead atoms. The van der Waals surface area contributed by atoms with Gasteiger partial charge in [-0.2, -0.15) is 0 Å². The van der Waals surface area contributed by atoms with E-state index in [0.717, 1.165) is 11.5 Å². The van der Waals surface area contributed by atoms with Gasteiger partial charge in [-0.3, -0.25) is 4.40 Å². The number of hydrogen-bond acceptors (Lipinski definition) is 4. The Morgan fingerprint density at radius 1 is 1.07 bits per heavy atom. The molecule has 0 amide bonds. The van der Waals surface area contributed by atoms with E-state index in [4.69, 9.17) is 21.0 Å². The SMILES string of the molecule is CC(C)(C)Nc1c(-c2ccc(C#Cc3ccccn3)o2)nc2ccc(Cl)cn12. The van der Waals surface area contributed by atoms with Crippen LogP contribution in [0.25, 0.3) is 17.1 Å². The van der Waals surface area contributed by atoms with Crippen LogP contribution in [0.15, 0.2) is 59.3 Å². The van der Waals surface area contributed by atoms with Crippen molar-refractivity contribution in [2.24, 2.45) is 0 Å². The van der Waals surface area contributed by atoms with Gasteiger partial charge in [0.1, 0.15) is 22.9 Å². The lowest BCUT2D eigenvalue weighted by atomic mass is 10.1. The van der Waals surface area contributed by atoms with Crippen molar-refractivity contribution in [2.75, 3.05) is 5.32 Å². The molecule has 0 aliphatic rings. The summed E-state index contributed by atoms with van der Waals surface area (Å²) in [5.41, 5.74) is 2.02. The Hall–Kier alpha value is -3.23. The summed E-state index contributed by atoms with van der Waals surface area (Å²) in [5, 5.41) is 4.14. The minimum absolute atomic E-state index is 0.165. The third kappa shape index (κ3) is 3.88. The van der Waals surface area contributed by atoms with Gasteiger partial charge in [-0.15, -0.1) is 0 Å². The molecule has 0 aliphatic heterocycles. The van der Waals surface area contributed by atoms with Gasteiger partial charge in [-0.1, -0.05) is 17.7 Å². The van der Waals surface area contributed by atoms with Crippen LogP contribution in [0.1, 0.15) is 32.2 Å². The predicted molar refractivity (Wildman–Crippen MR) is 111 cm³/mol. The molecule has 0 saturated heterocycles. The summed E-state index contributed by atoms with van der Waals surface area (Å²) < 4.78 is 7.89. The summed E-state index contributed by atoms with van der Waals surface area (Å²) in [5.74, 6) is 8.02. The van der Waals surface area contributed by atoms with E-state index in [0.29, 0.717) is 27.9 Å². The lowest BCUT2D eigenvalue weighted by Crippen LogP contribution is -2.27. The number of hydrogen-bond donors (Lipinski definition) is 1. The molecule has 4 aromatic rings. The minimum atomic E-state index is -0.165. The van der Waals surface area contributed by atoms with E-state index in [1.807, 2.05) is 53.1 Å². The van der Waals surface area contributed by atoms with Crippen molar-refractivity contribution < 1.29 is 4.42 Å². The minimum Gasteiger partial charge on any atom is -0.446 e. The van der Waals surface area contributed by atoms with Crippen LogP contribution in [0.2, 0.25) is 5.02 Å². The highest BCUT2D eigenvalue weighted by Crippen LogP contribution is 2.32. The number of nitrogens with zero attached hydrogens (tertiary/aromatic N) is 3. The number of imidazole rings is 1. The first kappa shape index (κ1) is 18.1. The van der Waals surface area contributed by atoms with Crippen molar-refractivity contribution >= 4 is 23.1 Å². The number of nitrogens with one attached hydrogen (secondary N) is 1. The summed E-state index contributed by atoms with van der Waals surface area (Å²) in [7, 11) is 0. The Bertz CT molecular complexity index is 1190. The fourth-order valence-electron chi connectivity index (χ4n) is 2.76. The number of pyridine rings is 2. The normalized spacial score (nSPS) is 11.3. The first-order valence-corrected chi connectivity index (χ1v) is 9.26. The topological polar surface area (TPSA) is 55.4 Å². The Morgan fingerprint density at radius 2 is 1.93 bits per heavy atom. The maximum Gasteiger partial charge on any atom is 0.178 e. The molecule has 4 heterocycles. The van der Waals surface area contributed by atoms with Crippen molar-refractivity contribution in [3.63, 3.8) is 0 Å². The van der Waals surface area contributed by atoms with Crippen LogP contribution in [0.5, 0.6) is 0 Å². The second kappa shape index (κ2) is 7.06. The number of rotatable bonds is 2. The van der Waals surface area contributed by atoms with Gasteiger partial charge in [0.25, 0.3) is 0 Å². The Kier molecular flexibility index (Phi) is 4.58. The molecular formula is C22H19ClN4O. The Morgan fingerprint density at radius 3 is 2.68 bits per heavy atom. The number of fused-ring (bicyclic) bond motifs is 1. The van der Waals surface area contributed by atoms with Crippen LogP contribution in [-0.2, 0) is 0 Å². The van der Waals surface area contributed by atoms with Crippen LogP contribution in [0.3, 0.4) is 0 Å². The maximum absolute atomic E-state index is 6.20. The van der Waals surface area contributed by atoms with Gasteiger partial charge in [-0.05, 0) is 69.0 Å². The fourth-order valence-corrected chi connectivity index (χ4v) is 2.92. The van der Waals surface area contributed by atoms with E-state index in [2.05, 4.69) is 42.9 Å². The van der Waals surface area contributed by atoms with Gasteiger partial charge in [0, 0.05) is 17.9 Å². The lowest BCUT2D eigenvalue weighted by Gasteiger charge is -2.22. The summed E-state index contributed by atoms with van der Waals surface area (Å²) in [4.78, 5) is 8.92. The fraction of sp³-hybridized carbons (Fsp3) is 0.182. The van der Waals surface area contributed by atoms with E-state index in [1.165, 1.54) is 0 Å². The summed E-state index contributed by atoms with van der Waals surface area (Å²) in [6.07, 6.45) is 3.55. The first-order chi connectivity index (χ1) is 13.4. The zero-order valence-corrected chi connectivity index (χ0v) is 16.6. The molecule has 0 unspecified atom stereocenters. The zero-order chi connectivity index (χ0) is 19.7. The molecule has 140 valence electrons. The van der Waals surface area contributed by atoms with Gasteiger partial charge < -0.3 is 9.73 Å². The van der Waals surface area contributed by atoms with E-state index < -0.39 is 0 Å². The number of aromatic nitrogens is 3.